The monoisotopic (exact) mass is 451 g/mol. The van der Waals surface area contributed by atoms with E-state index in [9.17, 15) is 31.1 Å². The van der Waals surface area contributed by atoms with Gasteiger partial charge >= 0.3 is 18.0 Å². The van der Waals surface area contributed by atoms with Crippen molar-refractivity contribution in [1.82, 2.24) is 5.32 Å². The molecule has 2 aromatic rings. The number of carbonyl (C=O) groups is 1. The van der Waals surface area contributed by atoms with E-state index in [1.54, 1.807) is 6.92 Å². The Hall–Kier alpha value is -2.95. The number of hydrogen-bond donors (Lipinski definition) is 2. The van der Waals surface area contributed by atoms with Crippen molar-refractivity contribution in [3.05, 3.63) is 59.7 Å². The number of nitrogens with two attached hydrogens (primary N) is 1. The normalized spacial score (nSPS) is 12.4. The number of quaternary nitrogens is 1. The molecule has 11 heteroatoms. The molecule has 2 rings (SSSR count). The third-order valence-electron chi connectivity index (χ3n) is 4.44. The minimum absolute atomic E-state index is 0.00992. The zero-order valence-corrected chi connectivity index (χ0v) is 16.6. The van der Waals surface area contributed by atoms with E-state index in [-0.39, 0.29) is 23.2 Å². The second kappa shape index (κ2) is 9.46. The van der Waals surface area contributed by atoms with Crippen molar-refractivity contribution in [1.29, 1.82) is 0 Å². The molecule has 0 unspecified atom stereocenters. The molecule has 0 spiro atoms. The smallest absolute Gasteiger partial charge is 0.475 e. The van der Waals surface area contributed by atoms with Gasteiger partial charge in [-0.2, -0.15) is 26.3 Å². The quantitative estimate of drug-likeness (QED) is 0.478. The van der Waals surface area contributed by atoms with Crippen molar-refractivity contribution in [2.45, 2.75) is 31.5 Å². The lowest BCUT2D eigenvalue weighted by Gasteiger charge is -2.35. The third kappa shape index (κ3) is 5.40. The summed E-state index contributed by atoms with van der Waals surface area (Å²) in [6, 6.07) is 10.6. The Kier molecular flexibility index (Phi) is 7.42. The molecule has 0 fully saturated rings. The molecule has 0 aliphatic heterocycles. The van der Waals surface area contributed by atoms with Crippen molar-refractivity contribution in [3.63, 3.8) is 0 Å². The Balaban J connectivity index is 2.41. The van der Waals surface area contributed by atoms with Crippen LogP contribution in [-0.4, -0.2) is 37.6 Å². The van der Waals surface area contributed by atoms with Gasteiger partial charge in [0.1, 0.15) is 18.0 Å². The van der Waals surface area contributed by atoms with Gasteiger partial charge in [-0.1, -0.05) is 12.1 Å². The molecule has 2 aromatic carbocycles. The number of nitrogens with one attached hydrogen (secondary N) is 1. The number of hydrogen-bond acceptors (Lipinski definition) is 3. The number of ether oxygens (including phenoxy) is 2. The first-order valence-corrected chi connectivity index (χ1v) is 9.10. The number of benzene rings is 2. The molecule has 0 aliphatic carbocycles. The van der Waals surface area contributed by atoms with Gasteiger partial charge in [0.15, 0.2) is 0 Å². The molecule has 0 bridgehead atoms. The van der Waals surface area contributed by atoms with Crippen LogP contribution in [0, 0.1) is 0 Å². The van der Waals surface area contributed by atoms with Crippen LogP contribution in [0.2, 0.25) is 0 Å². The molecule has 5 nitrogen and oxygen atoms in total. The summed E-state index contributed by atoms with van der Waals surface area (Å²) in [6.07, 6.45) is -11.7. The first kappa shape index (κ1) is 24.3. The summed E-state index contributed by atoms with van der Waals surface area (Å²) < 4.78 is 92.9. The van der Waals surface area contributed by atoms with E-state index in [4.69, 9.17) is 9.47 Å². The molecule has 0 atom stereocenters. The van der Waals surface area contributed by atoms with E-state index in [1.807, 2.05) is 0 Å². The van der Waals surface area contributed by atoms with Crippen LogP contribution in [0.4, 0.5) is 26.3 Å². The third-order valence-corrected chi connectivity index (χ3v) is 4.44. The van der Waals surface area contributed by atoms with Crippen LogP contribution < -0.4 is 20.1 Å². The molecular formula is C20H21F6N2O3+. The summed E-state index contributed by atoms with van der Waals surface area (Å²) in [7, 11) is 1.37. The first-order chi connectivity index (χ1) is 14.4. The Bertz CT molecular complexity index is 868. The lowest BCUT2D eigenvalue weighted by Crippen LogP contribution is -3.07. The van der Waals surface area contributed by atoms with Gasteiger partial charge in [-0.15, -0.1) is 0 Å². The second-order valence-corrected chi connectivity index (χ2v) is 6.44. The maximum Gasteiger partial charge on any atom is 0.475 e. The van der Waals surface area contributed by atoms with E-state index < -0.39 is 36.0 Å². The Morgan fingerprint density at radius 2 is 1.55 bits per heavy atom. The average molecular weight is 451 g/mol. The number of rotatable bonds is 8. The second-order valence-electron chi connectivity index (χ2n) is 6.44. The van der Waals surface area contributed by atoms with Crippen LogP contribution in [0.5, 0.6) is 11.5 Å². The summed E-state index contributed by atoms with van der Waals surface area (Å²) in [5, 5.41) is 1.18. The van der Waals surface area contributed by atoms with Crippen molar-refractivity contribution in [2.24, 2.45) is 0 Å². The van der Waals surface area contributed by atoms with Crippen LogP contribution >= 0.6 is 0 Å². The predicted octanol–water partition coefficient (Wildman–Crippen LogP) is 3.41. The van der Waals surface area contributed by atoms with Crippen LogP contribution in [-0.2, 0) is 6.54 Å². The molecule has 3 N–H and O–H groups in total. The molecule has 0 saturated heterocycles. The van der Waals surface area contributed by atoms with Crippen molar-refractivity contribution >= 4 is 5.91 Å². The Morgan fingerprint density at radius 1 is 0.968 bits per heavy atom. The predicted molar refractivity (Wildman–Crippen MR) is 98.5 cm³/mol. The molecule has 0 saturated carbocycles. The van der Waals surface area contributed by atoms with E-state index >= 15 is 0 Å². The van der Waals surface area contributed by atoms with Gasteiger partial charge < -0.3 is 14.8 Å². The summed E-state index contributed by atoms with van der Waals surface area (Å²) in [6.45, 7) is 0.918. The summed E-state index contributed by atoms with van der Waals surface area (Å²) in [5.41, 5.74) is -4.85. The number of amides is 1. The lowest BCUT2D eigenvalue weighted by molar-refractivity contribution is -0.796. The topological polar surface area (TPSA) is 64.2 Å². The molecule has 31 heavy (non-hydrogen) atoms. The highest BCUT2D eigenvalue weighted by molar-refractivity contribution is 5.97. The fourth-order valence-electron chi connectivity index (χ4n) is 2.80. The van der Waals surface area contributed by atoms with Gasteiger partial charge in [0.05, 0.1) is 19.3 Å². The SMILES string of the molecule is CCOc1ccccc1C(=O)NC([NH2+]Cc1ccc(OC)cc1)(C(F)(F)F)C(F)(F)F. The maximum absolute atomic E-state index is 13.8. The maximum atomic E-state index is 13.8. The Morgan fingerprint density at radius 3 is 2.06 bits per heavy atom. The zero-order valence-electron chi connectivity index (χ0n) is 16.6. The summed E-state index contributed by atoms with van der Waals surface area (Å²) >= 11 is 0. The highest BCUT2D eigenvalue weighted by atomic mass is 19.4. The molecular weight excluding hydrogens is 430 g/mol. The number of para-hydroxylation sites is 1. The van der Waals surface area contributed by atoms with Gasteiger partial charge in [0.2, 0.25) is 0 Å². The zero-order chi connectivity index (χ0) is 23.3. The van der Waals surface area contributed by atoms with Crippen molar-refractivity contribution < 1.29 is 45.9 Å². The fourth-order valence-corrected chi connectivity index (χ4v) is 2.80. The molecule has 170 valence electrons. The highest BCUT2D eigenvalue weighted by Gasteiger charge is 2.76. The number of methoxy groups -OCH3 is 1. The number of alkyl halides is 6. The van der Waals surface area contributed by atoms with Crippen LogP contribution in [0.3, 0.4) is 0 Å². The highest BCUT2D eigenvalue weighted by Crippen LogP contribution is 2.39. The van der Waals surface area contributed by atoms with Gasteiger partial charge in [-0.05, 0) is 43.3 Å². The van der Waals surface area contributed by atoms with Gasteiger partial charge in [0.25, 0.3) is 5.91 Å². The summed E-state index contributed by atoms with van der Waals surface area (Å²) in [4.78, 5) is 12.5. The molecule has 0 aromatic heterocycles. The molecule has 0 aliphatic rings. The largest absolute Gasteiger partial charge is 0.497 e. The summed E-state index contributed by atoms with van der Waals surface area (Å²) in [5.74, 6) is -1.30. The van der Waals surface area contributed by atoms with Crippen LogP contribution in [0.1, 0.15) is 22.8 Å². The van der Waals surface area contributed by atoms with Crippen LogP contribution in [0.15, 0.2) is 48.5 Å². The number of carbonyl (C=O) groups excluding carboxylic acids is 1. The molecule has 0 radical (unpaired) electrons. The van der Waals surface area contributed by atoms with Crippen molar-refractivity contribution in [3.8, 4) is 11.5 Å². The van der Waals surface area contributed by atoms with E-state index in [2.05, 4.69) is 0 Å². The van der Waals surface area contributed by atoms with Gasteiger partial charge in [0, 0.05) is 5.56 Å². The fraction of sp³-hybridized carbons (Fsp3) is 0.350. The Labute approximate surface area is 174 Å². The number of halogens is 6. The van der Waals surface area contributed by atoms with Crippen LogP contribution in [0.25, 0.3) is 0 Å². The van der Waals surface area contributed by atoms with E-state index in [0.717, 1.165) is 6.07 Å². The molecule has 0 heterocycles. The average Bonchev–Trinajstić information content (AvgIpc) is 2.70. The van der Waals surface area contributed by atoms with Gasteiger partial charge in [-0.3, -0.25) is 10.1 Å². The lowest BCUT2D eigenvalue weighted by atomic mass is 10.1. The van der Waals surface area contributed by atoms with Crippen molar-refractivity contribution in [2.75, 3.05) is 13.7 Å². The standard InChI is InChI=1S/C20H20F6N2O3/c1-3-31-16-7-5-4-6-15(16)17(29)28-18(19(21,22)23,20(24,25)26)27-12-13-8-10-14(30-2)11-9-13/h4-11,27H,3,12H2,1-2H3,(H,28,29)/p+1. The van der Waals surface area contributed by atoms with Gasteiger partial charge in [-0.25, -0.2) is 0 Å². The first-order valence-electron chi connectivity index (χ1n) is 9.10. The van der Waals surface area contributed by atoms with E-state index in [1.165, 1.54) is 54.9 Å². The molecule has 1 amide bonds. The minimum atomic E-state index is -5.85. The van der Waals surface area contributed by atoms with E-state index in [0.29, 0.717) is 5.75 Å². The minimum Gasteiger partial charge on any atom is -0.497 e.